The smallest absolute Gasteiger partial charge is 0.285 e. The van der Waals surface area contributed by atoms with Crippen molar-refractivity contribution < 1.29 is 24.0 Å². The molecule has 2 N–H and O–H groups in total. The highest BCUT2D eigenvalue weighted by Crippen LogP contribution is 2.71. The van der Waals surface area contributed by atoms with Crippen molar-refractivity contribution in [3.05, 3.63) is 0 Å². The van der Waals surface area contributed by atoms with Crippen molar-refractivity contribution in [1.82, 2.24) is 0 Å². The second-order valence-electron chi connectivity index (χ2n) is 15.3. The fourth-order valence-corrected chi connectivity index (χ4v) is 7.32. The summed E-state index contributed by atoms with van der Waals surface area (Å²) in [4.78, 5) is 65.3. The fourth-order valence-electron chi connectivity index (χ4n) is 7.32. The van der Waals surface area contributed by atoms with Crippen molar-refractivity contribution >= 4 is 29.0 Å². The molecular formula is C31H49NO5. The van der Waals surface area contributed by atoms with Gasteiger partial charge in [0.2, 0.25) is 5.78 Å². The van der Waals surface area contributed by atoms with Crippen molar-refractivity contribution in [3.63, 3.8) is 0 Å². The third-order valence-corrected chi connectivity index (χ3v) is 9.66. The van der Waals surface area contributed by atoms with Gasteiger partial charge in [0.25, 0.3) is 5.91 Å². The third-order valence-electron chi connectivity index (χ3n) is 9.66. The second-order valence-corrected chi connectivity index (χ2v) is 15.3. The van der Waals surface area contributed by atoms with Crippen LogP contribution in [0.5, 0.6) is 0 Å². The van der Waals surface area contributed by atoms with Crippen LogP contribution in [-0.2, 0) is 24.0 Å². The molecular weight excluding hydrogens is 466 g/mol. The molecule has 208 valence electrons. The number of carbonyl (C=O) groups excluding carboxylic acids is 5. The Bertz CT molecular complexity index is 946. The number of nitrogens with two attached hydrogens (primary N) is 1. The number of fused-ring (bicyclic) bond motifs is 1. The number of ketones is 4. The summed E-state index contributed by atoms with van der Waals surface area (Å²) in [6.07, 6.45) is 4.89. The molecule has 6 nitrogen and oxygen atoms in total. The molecule has 3 fully saturated rings. The van der Waals surface area contributed by atoms with Crippen molar-refractivity contribution in [2.24, 2.45) is 63.4 Å². The van der Waals surface area contributed by atoms with Crippen LogP contribution >= 0.6 is 0 Å². The summed E-state index contributed by atoms with van der Waals surface area (Å²) in [5.41, 5.74) is 4.77. The minimum Gasteiger partial charge on any atom is -0.363 e. The summed E-state index contributed by atoms with van der Waals surface area (Å²) in [6, 6.07) is 0. The lowest BCUT2D eigenvalue weighted by Gasteiger charge is -2.35. The molecule has 0 aromatic heterocycles. The Hall–Kier alpha value is -1.85. The average Bonchev–Trinajstić information content (AvgIpc) is 3.06. The predicted molar refractivity (Wildman–Crippen MR) is 143 cm³/mol. The Balaban J connectivity index is 1.83. The zero-order valence-corrected chi connectivity index (χ0v) is 24.3. The maximum Gasteiger partial charge on any atom is 0.285 e. The molecule has 3 saturated carbocycles. The standard InChI is InChI=1S/C31H49NO5/c1-29(2,3)16-19(33)14-22(30(4,5)6)27(36)20-15-21-25(31(21,7)8)24(20)23(34)13-18(26(35)28(32)37)12-17-10-9-11-17/h17-18,20-22,24-25H,9-16H2,1-8H3,(H2,32,37)/t18?,20?,21-,22+,24+,25-/m0/s1. The molecule has 0 saturated heterocycles. The molecule has 0 aliphatic heterocycles. The zero-order valence-electron chi connectivity index (χ0n) is 24.3. The first kappa shape index (κ1) is 29.7. The van der Waals surface area contributed by atoms with Crippen LogP contribution in [0.2, 0.25) is 0 Å². The van der Waals surface area contributed by atoms with Crippen LogP contribution in [0.3, 0.4) is 0 Å². The van der Waals surface area contributed by atoms with Gasteiger partial charge >= 0.3 is 0 Å². The Morgan fingerprint density at radius 1 is 0.946 bits per heavy atom. The summed E-state index contributed by atoms with van der Waals surface area (Å²) in [5.74, 6) is -2.91. The largest absolute Gasteiger partial charge is 0.363 e. The van der Waals surface area contributed by atoms with Gasteiger partial charge in [0, 0.05) is 42.9 Å². The number of rotatable bonds is 12. The average molecular weight is 516 g/mol. The lowest BCUT2D eigenvalue weighted by Crippen LogP contribution is -2.41. The molecule has 3 rings (SSSR count). The summed E-state index contributed by atoms with van der Waals surface area (Å²) in [7, 11) is 0. The molecule has 0 radical (unpaired) electrons. The Morgan fingerprint density at radius 3 is 2.00 bits per heavy atom. The number of Topliss-reactive ketones (excluding diaryl/α,β-unsaturated/α-hetero) is 4. The first-order valence-corrected chi connectivity index (χ1v) is 14.3. The van der Waals surface area contributed by atoms with E-state index in [9.17, 15) is 24.0 Å². The fraction of sp³-hybridized carbons (Fsp3) is 0.839. The summed E-state index contributed by atoms with van der Waals surface area (Å²) in [5, 5.41) is 0. The van der Waals surface area contributed by atoms with E-state index in [1.807, 2.05) is 41.5 Å². The van der Waals surface area contributed by atoms with E-state index in [4.69, 9.17) is 5.73 Å². The van der Waals surface area contributed by atoms with Crippen LogP contribution in [0.15, 0.2) is 0 Å². The van der Waals surface area contributed by atoms with Gasteiger partial charge in [-0.25, -0.2) is 0 Å². The molecule has 2 unspecified atom stereocenters. The minimum atomic E-state index is -0.981. The predicted octanol–water partition coefficient (Wildman–Crippen LogP) is 5.34. The van der Waals surface area contributed by atoms with E-state index >= 15 is 0 Å². The molecule has 0 aromatic carbocycles. The summed E-state index contributed by atoms with van der Waals surface area (Å²) < 4.78 is 0. The molecule has 0 spiro atoms. The Labute approximate surface area is 223 Å². The normalized spacial score (nSPS) is 28.5. The molecule has 0 heterocycles. The molecule has 3 aliphatic rings. The van der Waals surface area contributed by atoms with Gasteiger partial charge in [-0.1, -0.05) is 74.7 Å². The quantitative estimate of drug-likeness (QED) is 0.353. The van der Waals surface area contributed by atoms with Crippen molar-refractivity contribution in [3.8, 4) is 0 Å². The highest BCUT2D eigenvalue weighted by atomic mass is 16.2. The van der Waals surface area contributed by atoms with Gasteiger partial charge in [0.05, 0.1) is 0 Å². The lowest BCUT2D eigenvalue weighted by atomic mass is 9.67. The zero-order chi connectivity index (χ0) is 28.1. The number of hydrogen-bond acceptors (Lipinski definition) is 5. The van der Waals surface area contributed by atoms with Gasteiger partial charge in [0.1, 0.15) is 17.3 Å². The van der Waals surface area contributed by atoms with Gasteiger partial charge in [0.15, 0.2) is 0 Å². The highest BCUT2D eigenvalue weighted by Gasteiger charge is 2.69. The molecule has 37 heavy (non-hydrogen) atoms. The van der Waals surface area contributed by atoms with Crippen molar-refractivity contribution in [1.29, 1.82) is 0 Å². The first-order valence-electron chi connectivity index (χ1n) is 14.3. The van der Waals surface area contributed by atoms with Gasteiger partial charge in [-0.2, -0.15) is 0 Å². The number of hydrogen-bond donors (Lipinski definition) is 1. The first-order chi connectivity index (χ1) is 16.8. The van der Waals surface area contributed by atoms with Crippen LogP contribution in [0.25, 0.3) is 0 Å². The topological polar surface area (TPSA) is 111 Å². The van der Waals surface area contributed by atoms with Crippen LogP contribution in [0.1, 0.15) is 107 Å². The van der Waals surface area contributed by atoms with Crippen molar-refractivity contribution in [2.45, 2.75) is 107 Å². The number of amides is 1. The van der Waals surface area contributed by atoms with Crippen LogP contribution in [0.4, 0.5) is 0 Å². The van der Waals surface area contributed by atoms with Crippen LogP contribution < -0.4 is 5.73 Å². The number of carbonyl (C=O) groups is 5. The monoisotopic (exact) mass is 515 g/mol. The van der Waals surface area contributed by atoms with Gasteiger partial charge in [-0.3, -0.25) is 24.0 Å². The SMILES string of the molecule is CC(C)(C)CC(=O)C[C@H](C(=O)C1C[C@H]2[C@@H]([C@H]1C(=O)CC(CC1CCC1)C(=O)C(N)=O)C2(C)C)C(C)(C)C. The van der Waals surface area contributed by atoms with E-state index in [-0.39, 0.29) is 46.9 Å². The van der Waals surface area contributed by atoms with Crippen molar-refractivity contribution in [2.75, 3.05) is 0 Å². The van der Waals surface area contributed by atoms with E-state index in [0.29, 0.717) is 31.1 Å². The maximum atomic E-state index is 14.1. The molecule has 6 atom stereocenters. The lowest BCUT2D eigenvalue weighted by molar-refractivity contribution is -0.142. The highest BCUT2D eigenvalue weighted by molar-refractivity contribution is 6.36. The minimum absolute atomic E-state index is 0.0187. The Kier molecular flexibility index (Phi) is 8.33. The second kappa shape index (κ2) is 10.4. The van der Waals surface area contributed by atoms with E-state index in [1.165, 1.54) is 0 Å². The van der Waals surface area contributed by atoms with E-state index in [0.717, 1.165) is 19.3 Å². The van der Waals surface area contributed by atoms with Crippen LogP contribution in [0, 0.1) is 57.7 Å². The van der Waals surface area contributed by atoms with E-state index in [2.05, 4.69) is 13.8 Å². The summed E-state index contributed by atoms with van der Waals surface area (Å²) in [6.45, 7) is 16.4. The maximum absolute atomic E-state index is 14.1. The molecule has 0 bridgehead atoms. The van der Waals surface area contributed by atoms with Gasteiger partial charge < -0.3 is 5.73 Å². The summed E-state index contributed by atoms with van der Waals surface area (Å²) >= 11 is 0. The number of primary amides is 1. The van der Waals surface area contributed by atoms with Crippen LogP contribution in [-0.4, -0.2) is 29.0 Å². The van der Waals surface area contributed by atoms with Gasteiger partial charge in [-0.05, 0) is 46.8 Å². The molecule has 1 amide bonds. The molecule has 3 aliphatic carbocycles. The van der Waals surface area contributed by atoms with Gasteiger partial charge in [-0.15, -0.1) is 0 Å². The van der Waals surface area contributed by atoms with E-state index < -0.39 is 40.8 Å². The van der Waals surface area contributed by atoms with E-state index in [1.54, 1.807) is 0 Å². The third kappa shape index (κ3) is 6.60. The molecule has 6 heteroatoms. The molecule has 0 aromatic rings. The Morgan fingerprint density at radius 2 is 1.54 bits per heavy atom.